The largest absolute Gasteiger partial charge is 2.00 e. The van der Waals surface area contributed by atoms with Crippen molar-refractivity contribution in [3.05, 3.63) is 0 Å². The van der Waals surface area contributed by atoms with E-state index >= 15 is 0 Å². The number of aliphatic hydroxyl groups is 1. The molecule has 0 bridgehead atoms. The minimum absolute atomic E-state index is 0. The third-order valence-electron chi connectivity index (χ3n) is 1.80. The molecule has 0 saturated heterocycles. The molecule has 0 spiro atoms. The van der Waals surface area contributed by atoms with Crippen molar-refractivity contribution in [2.75, 3.05) is 6.61 Å². The van der Waals surface area contributed by atoms with Gasteiger partial charge in [-0.2, -0.15) is 0 Å². The third-order valence-corrected chi connectivity index (χ3v) is 1.80. The van der Waals surface area contributed by atoms with Gasteiger partial charge in [0, 0.05) is 6.61 Å². The molecule has 0 aliphatic carbocycles. The van der Waals surface area contributed by atoms with Crippen LogP contribution in [-0.2, 0) is 0 Å². The van der Waals surface area contributed by atoms with Gasteiger partial charge in [-0.3, -0.25) is 0 Å². The fourth-order valence-corrected chi connectivity index (χ4v) is 0.809. The Kier molecular flexibility index (Phi) is 13.0. The van der Waals surface area contributed by atoms with Gasteiger partial charge >= 0.3 is 23.1 Å². The van der Waals surface area contributed by atoms with Gasteiger partial charge < -0.3 is 7.96 Å². The molecule has 10 heavy (non-hydrogen) atoms. The fraction of sp³-hybridized carbons (Fsp3) is 1.00. The van der Waals surface area contributed by atoms with Gasteiger partial charge in [0.15, 0.2) is 0 Å². The van der Waals surface area contributed by atoms with Crippen LogP contribution >= 0.6 is 0 Å². The van der Waals surface area contributed by atoms with Gasteiger partial charge in [-0.25, -0.2) is 0 Å². The van der Waals surface area contributed by atoms with E-state index in [1.165, 1.54) is 19.3 Å². The summed E-state index contributed by atoms with van der Waals surface area (Å²) in [6.07, 6.45) is 4.71. The number of unbranched alkanes of at least 4 members (excludes halogenated alkanes) is 1. The zero-order valence-corrected chi connectivity index (χ0v) is 8.68. The molecule has 0 heterocycles. The Labute approximate surface area is 83.3 Å². The second-order valence-electron chi connectivity index (χ2n) is 2.73. The maximum absolute atomic E-state index is 8.45. The molecular formula is C8H20MgO. The smallest absolute Gasteiger partial charge is 1.00 e. The maximum Gasteiger partial charge on any atom is 2.00 e. The summed E-state index contributed by atoms with van der Waals surface area (Å²) in [5.41, 5.74) is 0. The van der Waals surface area contributed by atoms with Gasteiger partial charge in [-0.15, -0.1) is 0 Å². The van der Waals surface area contributed by atoms with Crippen LogP contribution in [0.25, 0.3) is 0 Å². The van der Waals surface area contributed by atoms with Crippen LogP contribution in [0.5, 0.6) is 0 Å². The van der Waals surface area contributed by atoms with Crippen LogP contribution in [-0.4, -0.2) is 34.8 Å². The first-order valence-corrected chi connectivity index (χ1v) is 3.92. The molecule has 0 fully saturated rings. The molecule has 0 aliphatic heterocycles. The van der Waals surface area contributed by atoms with Crippen LogP contribution in [0, 0.1) is 5.92 Å². The summed E-state index contributed by atoms with van der Waals surface area (Å²) in [6, 6.07) is 0. The average molecular weight is 157 g/mol. The Balaban J connectivity index is -0.000000107. The predicted molar refractivity (Wildman–Crippen MR) is 48.4 cm³/mol. The van der Waals surface area contributed by atoms with Gasteiger partial charge in [-0.1, -0.05) is 33.1 Å². The number of aliphatic hydroxyl groups excluding tert-OH is 1. The first-order valence-electron chi connectivity index (χ1n) is 3.92. The molecule has 0 aromatic carbocycles. The van der Waals surface area contributed by atoms with Crippen molar-refractivity contribution in [1.82, 2.24) is 0 Å². The first-order chi connectivity index (χ1) is 4.31. The van der Waals surface area contributed by atoms with E-state index in [0.717, 1.165) is 12.3 Å². The topological polar surface area (TPSA) is 20.2 Å². The molecule has 1 nitrogen and oxygen atoms in total. The monoisotopic (exact) mass is 156 g/mol. The summed E-state index contributed by atoms with van der Waals surface area (Å²) < 4.78 is 0. The average Bonchev–Trinajstić information content (AvgIpc) is 1.89. The third kappa shape index (κ3) is 8.73. The molecule has 0 aromatic rings. The van der Waals surface area contributed by atoms with Crippen LogP contribution in [0.3, 0.4) is 0 Å². The van der Waals surface area contributed by atoms with Gasteiger partial charge in [0.2, 0.25) is 0 Å². The molecule has 0 aromatic heterocycles. The minimum atomic E-state index is 0. The minimum Gasteiger partial charge on any atom is -1.00 e. The van der Waals surface area contributed by atoms with Crippen LogP contribution < -0.4 is 0 Å². The van der Waals surface area contributed by atoms with Gasteiger partial charge in [0.25, 0.3) is 0 Å². The zero-order chi connectivity index (χ0) is 7.11. The normalized spacial score (nSPS) is 12.3. The molecule has 0 rings (SSSR count). The molecule has 2 heteroatoms. The van der Waals surface area contributed by atoms with Crippen LogP contribution in [0.4, 0.5) is 0 Å². The second-order valence-corrected chi connectivity index (χ2v) is 2.73. The number of rotatable bonds is 5. The van der Waals surface area contributed by atoms with Crippen LogP contribution in [0.15, 0.2) is 0 Å². The van der Waals surface area contributed by atoms with Crippen molar-refractivity contribution in [2.24, 2.45) is 5.92 Å². The Morgan fingerprint density at radius 2 is 2.00 bits per heavy atom. The van der Waals surface area contributed by atoms with E-state index in [1.54, 1.807) is 0 Å². The number of hydrogen-bond donors (Lipinski definition) is 1. The van der Waals surface area contributed by atoms with Gasteiger partial charge in [-0.05, 0) is 12.3 Å². The van der Waals surface area contributed by atoms with E-state index in [4.69, 9.17) is 5.11 Å². The van der Waals surface area contributed by atoms with E-state index in [9.17, 15) is 0 Å². The molecule has 0 saturated carbocycles. The predicted octanol–water partition coefficient (Wildman–Crippen LogP) is 2.04. The summed E-state index contributed by atoms with van der Waals surface area (Å²) in [7, 11) is 0. The summed E-state index contributed by atoms with van der Waals surface area (Å²) in [5.74, 6) is 0.844. The van der Waals surface area contributed by atoms with Crippen molar-refractivity contribution >= 4 is 23.1 Å². The molecule has 0 amide bonds. The fourth-order valence-electron chi connectivity index (χ4n) is 0.809. The molecule has 60 valence electrons. The Bertz CT molecular complexity index is 65.0. The summed E-state index contributed by atoms with van der Waals surface area (Å²) >= 11 is 0. The van der Waals surface area contributed by atoms with Gasteiger partial charge in [0.05, 0.1) is 0 Å². The molecule has 0 radical (unpaired) electrons. The van der Waals surface area contributed by atoms with E-state index in [-0.39, 0.29) is 25.9 Å². The van der Waals surface area contributed by atoms with Crippen molar-refractivity contribution in [3.63, 3.8) is 0 Å². The van der Waals surface area contributed by atoms with Gasteiger partial charge in [0.1, 0.15) is 0 Å². The first kappa shape index (κ1) is 13.3. The Morgan fingerprint density at radius 3 is 2.40 bits per heavy atom. The Hall–Kier alpha value is 0.726. The summed E-state index contributed by atoms with van der Waals surface area (Å²) in [4.78, 5) is 0. The molecular weight excluding hydrogens is 136 g/mol. The van der Waals surface area contributed by atoms with Crippen LogP contribution in [0.1, 0.15) is 42.4 Å². The number of hydrogen-bond acceptors (Lipinski definition) is 1. The SMILES string of the molecule is CCC(C)CCCCO.[H-].[H-].[Mg+2]. The second kappa shape index (κ2) is 9.73. The maximum atomic E-state index is 8.45. The molecule has 0 aliphatic rings. The Morgan fingerprint density at radius 1 is 1.40 bits per heavy atom. The van der Waals surface area contributed by atoms with Crippen molar-refractivity contribution < 1.29 is 7.96 Å². The van der Waals surface area contributed by atoms with E-state index in [0.29, 0.717) is 6.61 Å². The van der Waals surface area contributed by atoms with E-state index in [2.05, 4.69) is 13.8 Å². The van der Waals surface area contributed by atoms with Crippen molar-refractivity contribution in [3.8, 4) is 0 Å². The standard InChI is InChI=1S/C8H18O.Mg.2H/c1-3-8(2)6-4-5-7-9;;;/h8-9H,3-7H2,1-2H3;;;/q;+2;2*-1. The van der Waals surface area contributed by atoms with E-state index in [1.807, 2.05) is 0 Å². The summed E-state index contributed by atoms with van der Waals surface area (Å²) in [6.45, 7) is 4.83. The molecule has 1 unspecified atom stereocenters. The van der Waals surface area contributed by atoms with E-state index < -0.39 is 0 Å². The zero-order valence-electron chi connectivity index (χ0n) is 9.27. The summed E-state index contributed by atoms with van der Waals surface area (Å²) in [5, 5.41) is 8.45. The quantitative estimate of drug-likeness (QED) is 0.477. The van der Waals surface area contributed by atoms with Crippen molar-refractivity contribution in [2.45, 2.75) is 39.5 Å². The van der Waals surface area contributed by atoms with Crippen LogP contribution in [0.2, 0.25) is 0 Å². The van der Waals surface area contributed by atoms with Crippen molar-refractivity contribution in [1.29, 1.82) is 0 Å². The molecule has 1 N–H and O–H groups in total. The molecule has 1 atom stereocenters.